The molecule has 174 valence electrons. The molecule has 1 aliphatic carbocycles. The Labute approximate surface area is 208 Å². The lowest BCUT2D eigenvalue weighted by molar-refractivity contribution is -0.124. The van der Waals surface area contributed by atoms with Gasteiger partial charge in [-0.1, -0.05) is 44.4 Å². The summed E-state index contributed by atoms with van der Waals surface area (Å²) < 4.78 is 11.8. The number of aryl methyl sites for hydroxylation is 1. The van der Waals surface area contributed by atoms with Crippen molar-refractivity contribution in [3.8, 4) is 11.5 Å². The fourth-order valence-corrected chi connectivity index (χ4v) is 5.95. The molecule has 7 heteroatoms. The number of hydrogen-bond donors (Lipinski definition) is 0. The number of hydrogen-bond acceptors (Lipinski definition) is 5. The van der Waals surface area contributed by atoms with Gasteiger partial charge >= 0.3 is 0 Å². The summed E-state index contributed by atoms with van der Waals surface area (Å²) in [6, 6.07) is 12.1. The highest BCUT2D eigenvalue weighted by Gasteiger charge is 2.39. The predicted molar refractivity (Wildman–Crippen MR) is 139 cm³/mol. The minimum Gasteiger partial charge on any atom is -0.496 e. The van der Waals surface area contributed by atoms with Gasteiger partial charge in [0.1, 0.15) is 11.5 Å². The highest BCUT2D eigenvalue weighted by atomic mass is 79.9. The Hall–Kier alpha value is -2.25. The molecule has 0 aromatic heterocycles. The second-order valence-electron chi connectivity index (χ2n) is 8.18. The summed E-state index contributed by atoms with van der Waals surface area (Å²) in [6.45, 7) is 2.13. The van der Waals surface area contributed by atoms with Crippen molar-refractivity contribution >= 4 is 50.5 Å². The number of para-hydroxylation sites is 1. The lowest BCUT2D eigenvalue weighted by Crippen LogP contribution is -2.40. The Bertz CT molecular complexity index is 1090. The minimum absolute atomic E-state index is 0.0219. The number of carbonyl (C=O) groups is 1. The SMILES string of the molecule is CCc1ccccc1N=C1S/C(=C/c2cc(Br)c(OC)cc2OC)C(=O)N1C1CCCCC1. The summed E-state index contributed by atoms with van der Waals surface area (Å²) >= 11 is 5.00. The van der Waals surface area contributed by atoms with Crippen LogP contribution in [0.15, 0.2) is 50.8 Å². The zero-order chi connectivity index (χ0) is 23.4. The van der Waals surface area contributed by atoms with E-state index in [4.69, 9.17) is 14.5 Å². The molecule has 2 aromatic carbocycles. The average Bonchev–Trinajstić information content (AvgIpc) is 3.14. The molecule has 1 saturated heterocycles. The van der Waals surface area contributed by atoms with Gasteiger partial charge in [0.25, 0.3) is 5.91 Å². The van der Waals surface area contributed by atoms with E-state index in [1.165, 1.54) is 23.7 Å². The van der Waals surface area contributed by atoms with Gasteiger partial charge in [-0.15, -0.1) is 0 Å². The quantitative estimate of drug-likeness (QED) is 0.380. The van der Waals surface area contributed by atoms with Crippen molar-refractivity contribution < 1.29 is 14.3 Å². The highest BCUT2D eigenvalue weighted by Crippen LogP contribution is 2.41. The van der Waals surface area contributed by atoms with Crippen molar-refractivity contribution in [2.24, 2.45) is 4.99 Å². The van der Waals surface area contributed by atoms with Gasteiger partial charge in [-0.05, 0) is 70.7 Å². The van der Waals surface area contributed by atoms with E-state index in [2.05, 4.69) is 28.9 Å². The number of carbonyl (C=O) groups excluding carboxylic acids is 1. The molecule has 0 radical (unpaired) electrons. The summed E-state index contributed by atoms with van der Waals surface area (Å²) in [4.78, 5) is 21.2. The molecule has 1 amide bonds. The average molecular weight is 530 g/mol. The number of methoxy groups -OCH3 is 2. The molecule has 0 bridgehead atoms. The Balaban J connectivity index is 1.76. The molecular weight excluding hydrogens is 500 g/mol. The number of rotatable bonds is 6. The number of aliphatic imine (C=N–C) groups is 1. The maximum atomic E-state index is 13.7. The number of nitrogens with zero attached hydrogens (tertiary/aromatic N) is 2. The van der Waals surface area contributed by atoms with Crippen LogP contribution in [0.2, 0.25) is 0 Å². The summed E-state index contributed by atoms with van der Waals surface area (Å²) in [5, 5.41) is 0.769. The van der Waals surface area contributed by atoms with Crippen LogP contribution in [0.5, 0.6) is 11.5 Å². The van der Waals surface area contributed by atoms with E-state index in [9.17, 15) is 4.79 Å². The first-order valence-electron chi connectivity index (χ1n) is 11.4. The van der Waals surface area contributed by atoms with Crippen molar-refractivity contribution in [2.45, 2.75) is 51.5 Å². The molecule has 33 heavy (non-hydrogen) atoms. The molecule has 2 aromatic rings. The van der Waals surface area contributed by atoms with Gasteiger partial charge in [0.15, 0.2) is 5.17 Å². The number of amidine groups is 1. The summed E-state index contributed by atoms with van der Waals surface area (Å²) in [7, 11) is 3.24. The molecule has 4 rings (SSSR count). The third-order valence-electron chi connectivity index (χ3n) is 6.16. The van der Waals surface area contributed by atoms with Crippen LogP contribution in [-0.4, -0.2) is 36.2 Å². The van der Waals surface area contributed by atoms with Gasteiger partial charge < -0.3 is 9.47 Å². The lowest BCUT2D eigenvalue weighted by Gasteiger charge is -2.30. The van der Waals surface area contributed by atoms with Crippen LogP contribution in [0, 0.1) is 0 Å². The highest BCUT2D eigenvalue weighted by molar-refractivity contribution is 9.10. The van der Waals surface area contributed by atoms with Gasteiger partial charge in [0, 0.05) is 17.7 Å². The largest absolute Gasteiger partial charge is 0.496 e. The molecule has 0 N–H and O–H groups in total. The van der Waals surface area contributed by atoms with E-state index in [0.717, 1.165) is 53.0 Å². The topological polar surface area (TPSA) is 51.1 Å². The monoisotopic (exact) mass is 528 g/mol. The van der Waals surface area contributed by atoms with Crippen molar-refractivity contribution in [1.82, 2.24) is 4.90 Å². The van der Waals surface area contributed by atoms with Gasteiger partial charge in [0.2, 0.25) is 0 Å². The standard InChI is InChI=1S/C26H29BrN2O3S/c1-4-17-10-8-9-13-21(17)28-26-29(19-11-6-5-7-12-19)25(30)24(33-26)15-18-14-20(27)23(32-3)16-22(18)31-2/h8-10,13-16,19H,4-7,11-12H2,1-3H3/b24-15+,28-26?. The third kappa shape index (κ3) is 5.14. The minimum atomic E-state index is 0.0219. The molecule has 2 aliphatic rings. The van der Waals surface area contributed by atoms with E-state index < -0.39 is 0 Å². The molecule has 2 fully saturated rings. The third-order valence-corrected chi connectivity index (χ3v) is 7.76. The number of benzene rings is 2. The number of ether oxygens (including phenoxy) is 2. The second kappa shape index (κ2) is 10.8. The molecule has 1 aliphatic heterocycles. The van der Waals surface area contributed by atoms with Crippen LogP contribution in [0.25, 0.3) is 6.08 Å². The Morgan fingerprint density at radius 2 is 1.85 bits per heavy atom. The van der Waals surface area contributed by atoms with E-state index in [0.29, 0.717) is 16.4 Å². The van der Waals surface area contributed by atoms with E-state index in [1.54, 1.807) is 14.2 Å². The van der Waals surface area contributed by atoms with Crippen molar-refractivity contribution in [2.75, 3.05) is 14.2 Å². The van der Waals surface area contributed by atoms with Crippen molar-refractivity contribution in [3.05, 3.63) is 56.9 Å². The van der Waals surface area contributed by atoms with E-state index >= 15 is 0 Å². The first kappa shape index (κ1) is 23.9. The van der Waals surface area contributed by atoms with E-state index in [-0.39, 0.29) is 11.9 Å². The van der Waals surface area contributed by atoms with Crippen molar-refractivity contribution in [1.29, 1.82) is 0 Å². The van der Waals surface area contributed by atoms with E-state index in [1.807, 2.05) is 41.3 Å². The molecule has 1 heterocycles. The second-order valence-corrected chi connectivity index (χ2v) is 10.0. The maximum Gasteiger partial charge on any atom is 0.267 e. The summed E-state index contributed by atoms with van der Waals surface area (Å²) in [5.41, 5.74) is 2.93. The predicted octanol–water partition coefficient (Wildman–Crippen LogP) is 6.97. The van der Waals surface area contributed by atoms with Crippen LogP contribution < -0.4 is 9.47 Å². The normalized spacial score (nSPS) is 19.5. The zero-order valence-electron chi connectivity index (χ0n) is 19.3. The Kier molecular flexibility index (Phi) is 7.81. The zero-order valence-corrected chi connectivity index (χ0v) is 21.7. The molecule has 1 saturated carbocycles. The first-order valence-corrected chi connectivity index (χ1v) is 13.0. The smallest absolute Gasteiger partial charge is 0.267 e. The fourth-order valence-electron chi connectivity index (χ4n) is 4.39. The van der Waals surface area contributed by atoms with Gasteiger partial charge in [0.05, 0.1) is 29.3 Å². The van der Waals surface area contributed by atoms with Crippen molar-refractivity contribution in [3.63, 3.8) is 0 Å². The Morgan fingerprint density at radius 3 is 2.55 bits per heavy atom. The van der Waals surface area contributed by atoms with Crippen LogP contribution in [-0.2, 0) is 11.2 Å². The summed E-state index contributed by atoms with van der Waals surface area (Å²) in [6.07, 6.45) is 8.37. The van der Waals surface area contributed by atoms with Crippen LogP contribution in [0.3, 0.4) is 0 Å². The molecule has 0 unspecified atom stereocenters. The van der Waals surface area contributed by atoms with Crippen LogP contribution in [0.4, 0.5) is 5.69 Å². The maximum absolute atomic E-state index is 13.7. The molecular formula is C26H29BrN2O3S. The number of thioether (sulfide) groups is 1. The van der Waals surface area contributed by atoms with Crippen LogP contribution >= 0.6 is 27.7 Å². The molecule has 5 nitrogen and oxygen atoms in total. The lowest BCUT2D eigenvalue weighted by atomic mass is 9.94. The fraction of sp³-hybridized carbons (Fsp3) is 0.385. The molecule has 0 atom stereocenters. The van der Waals surface area contributed by atoms with Crippen LogP contribution in [0.1, 0.15) is 50.2 Å². The molecule has 0 spiro atoms. The Morgan fingerprint density at radius 1 is 1.12 bits per heavy atom. The summed E-state index contributed by atoms with van der Waals surface area (Å²) in [5.74, 6) is 1.36. The number of amides is 1. The van der Waals surface area contributed by atoms with Gasteiger partial charge in [-0.2, -0.15) is 0 Å². The number of halogens is 1. The van der Waals surface area contributed by atoms with Gasteiger partial charge in [-0.3, -0.25) is 9.69 Å². The first-order chi connectivity index (χ1) is 16.0. The van der Waals surface area contributed by atoms with Gasteiger partial charge in [-0.25, -0.2) is 4.99 Å².